The maximum Gasteiger partial charge on any atom is 0.269 e. The van der Waals surface area contributed by atoms with E-state index in [4.69, 9.17) is 0 Å². The van der Waals surface area contributed by atoms with E-state index in [1.807, 2.05) is 6.07 Å². The van der Waals surface area contributed by atoms with Crippen LogP contribution in [0.2, 0.25) is 0 Å². The third kappa shape index (κ3) is 6.19. The summed E-state index contributed by atoms with van der Waals surface area (Å²) >= 11 is 3.44. The zero-order chi connectivity index (χ0) is 18.9. The van der Waals surface area contributed by atoms with E-state index in [-0.39, 0.29) is 5.69 Å². The fourth-order valence-corrected chi connectivity index (χ4v) is 3.76. The standard InChI is InChI=1S/C19H20N4O2S2/c24-23(25)16-7-5-15(6-8-16)13-21-19(22-14-18-4-2-12-27-18)20-10-9-17-3-1-11-26-17/h1-8,11-12H,9-10,13-14H2,(H2,20,21,22). The van der Waals surface area contributed by atoms with Crippen molar-refractivity contribution in [3.63, 3.8) is 0 Å². The van der Waals surface area contributed by atoms with E-state index < -0.39 is 4.92 Å². The lowest BCUT2D eigenvalue weighted by Gasteiger charge is -2.12. The average Bonchev–Trinajstić information content (AvgIpc) is 3.37. The quantitative estimate of drug-likeness (QED) is 0.257. The molecule has 2 heterocycles. The summed E-state index contributed by atoms with van der Waals surface area (Å²) in [6, 6.07) is 14.8. The normalized spacial score (nSPS) is 11.3. The van der Waals surface area contributed by atoms with Crippen molar-refractivity contribution in [2.75, 3.05) is 6.54 Å². The van der Waals surface area contributed by atoms with Crippen LogP contribution in [0.25, 0.3) is 0 Å². The van der Waals surface area contributed by atoms with Gasteiger partial charge in [-0.3, -0.25) is 10.1 Å². The molecule has 0 bridgehead atoms. The van der Waals surface area contributed by atoms with Crippen molar-refractivity contribution in [2.24, 2.45) is 4.99 Å². The van der Waals surface area contributed by atoms with Gasteiger partial charge in [0.15, 0.2) is 5.96 Å². The molecular formula is C19H20N4O2S2. The minimum Gasteiger partial charge on any atom is -0.356 e. The van der Waals surface area contributed by atoms with Crippen LogP contribution in [-0.4, -0.2) is 17.4 Å². The molecule has 0 spiro atoms. The average molecular weight is 401 g/mol. The maximum atomic E-state index is 10.8. The second-order valence-corrected chi connectivity index (χ2v) is 7.84. The third-order valence-electron chi connectivity index (χ3n) is 3.82. The molecule has 0 radical (unpaired) electrons. The number of hydrogen-bond acceptors (Lipinski definition) is 5. The highest BCUT2D eigenvalue weighted by Gasteiger charge is 2.05. The molecule has 2 aromatic heterocycles. The first kappa shape index (κ1) is 19.1. The fourth-order valence-electron chi connectivity index (χ4n) is 2.41. The van der Waals surface area contributed by atoms with Gasteiger partial charge in [0.1, 0.15) is 0 Å². The van der Waals surface area contributed by atoms with Gasteiger partial charge in [-0.05, 0) is 34.9 Å². The van der Waals surface area contributed by atoms with Gasteiger partial charge in [-0.2, -0.15) is 0 Å². The lowest BCUT2D eigenvalue weighted by Crippen LogP contribution is -2.37. The first-order chi connectivity index (χ1) is 13.2. The second kappa shape index (κ2) is 9.84. The number of thiophene rings is 2. The third-order valence-corrected chi connectivity index (χ3v) is 5.63. The van der Waals surface area contributed by atoms with Gasteiger partial charge in [-0.1, -0.05) is 24.3 Å². The number of nitro groups is 1. The van der Waals surface area contributed by atoms with Crippen molar-refractivity contribution in [3.05, 3.63) is 84.7 Å². The summed E-state index contributed by atoms with van der Waals surface area (Å²) in [4.78, 5) is 17.5. The highest BCUT2D eigenvalue weighted by molar-refractivity contribution is 7.10. The number of non-ortho nitro benzene ring substituents is 1. The SMILES string of the molecule is O=[N+]([O-])c1ccc(CN=C(NCCc2cccs2)NCc2cccs2)cc1. The number of benzene rings is 1. The van der Waals surface area contributed by atoms with Crippen LogP contribution >= 0.6 is 22.7 Å². The van der Waals surface area contributed by atoms with Gasteiger partial charge >= 0.3 is 0 Å². The van der Waals surface area contributed by atoms with Gasteiger partial charge in [0.25, 0.3) is 5.69 Å². The van der Waals surface area contributed by atoms with Crippen molar-refractivity contribution in [3.8, 4) is 0 Å². The smallest absolute Gasteiger partial charge is 0.269 e. The number of guanidine groups is 1. The van der Waals surface area contributed by atoms with Crippen molar-refractivity contribution in [1.29, 1.82) is 0 Å². The van der Waals surface area contributed by atoms with Crippen LogP contribution in [-0.2, 0) is 19.5 Å². The van der Waals surface area contributed by atoms with Crippen molar-refractivity contribution in [1.82, 2.24) is 10.6 Å². The van der Waals surface area contributed by atoms with E-state index in [2.05, 4.69) is 44.6 Å². The van der Waals surface area contributed by atoms with E-state index >= 15 is 0 Å². The number of hydrogen-bond donors (Lipinski definition) is 2. The minimum absolute atomic E-state index is 0.0906. The molecule has 6 nitrogen and oxygen atoms in total. The van der Waals surface area contributed by atoms with E-state index in [0.717, 1.165) is 24.5 Å². The van der Waals surface area contributed by atoms with Crippen LogP contribution in [0, 0.1) is 10.1 Å². The molecule has 0 fully saturated rings. The topological polar surface area (TPSA) is 79.6 Å². The molecule has 0 unspecified atom stereocenters. The summed E-state index contributed by atoms with van der Waals surface area (Å²) in [5.74, 6) is 0.735. The largest absolute Gasteiger partial charge is 0.356 e. The predicted octanol–water partition coefficient (Wildman–Crippen LogP) is 4.20. The summed E-state index contributed by atoms with van der Waals surface area (Å²) in [6.45, 7) is 1.95. The lowest BCUT2D eigenvalue weighted by molar-refractivity contribution is -0.384. The summed E-state index contributed by atoms with van der Waals surface area (Å²) in [5.41, 5.74) is 1.02. The monoisotopic (exact) mass is 400 g/mol. The lowest BCUT2D eigenvalue weighted by atomic mass is 10.2. The first-order valence-electron chi connectivity index (χ1n) is 8.51. The number of nitrogens with one attached hydrogen (secondary N) is 2. The van der Waals surface area contributed by atoms with Gasteiger partial charge in [0.2, 0.25) is 0 Å². The molecule has 0 aliphatic heterocycles. The van der Waals surface area contributed by atoms with Gasteiger partial charge in [-0.15, -0.1) is 22.7 Å². The Bertz CT molecular complexity index is 860. The Hall–Kier alpha value is -2.71. The van der Waals surface area contributed by atoms with E-state index in [1.54, 1.807) is 34.8 Å². The molecule has 140 valence electrons. The van der Waals surface area contributed by atoms with Gasteiger partial charge < -0.3 is 10.6 Å². The molecule has 0 saturated carbocycles. The molecule has 2 N–H and O–H groups in total. The molecule has 27 heavy (non-hydrogen) atoms. The number of aliphatic imine (C=N–C) groups is 1. The predicted molar refractivity (Wildman–Crippen MR) is 111 cm³/mol. The van der Waals surface area contributed by atoms with Crippen LogP contribution in [0.3, 0.4) is 0 Å². The molecule has 0 atom stereocenters. The maximum absolute atomic E-state index is 10.8. The van der Waals surface area contributed by atoms with Crippen LogP contribution in [0.5, 0.6) is 0 Å². The fraction of sp³-hybridized carbons (Fsp3) is 0.211. The minimum atomic E-state index is -0.396. The molecule has 3 rings (SSSR count). The first-order valence-corrected chi connectivity index (χ1v) is 10.3. The summed E-state index contributed by atoms with van der Waals surface area (Å²) in [5, 5.41) is 21.6. The summed E-state index contributed by atoms with van der Waals surface area (Å²) in [6.07, 6.45) is 0.939. The van der Waals surface area contributed by atoms with E-state index in [9.17, 15) is 10.1 Å². The van der Waals surface area contributed by atoms with Crippen molar-refractivity contribution in [2.45, 2.75) is 19.5 Å². The summed E-state index contributed by atoms with van der Waals surface area (Å²) < 4.78 is 0. The van der Waals surface area contributed by atoms with Crippen molar-refractivity contribution >= 4 is 34.3 Å². The van der Waals surface area contributed by atoms with Gasteiger partial charge in [-0.25, -0.2) is 4.99 Å². The molecule has 3 aromatic rings. The molecule has 1 aromatic carbocycles. The molecule has 0 amide bonds. The van der Waals surface area contributed by atoms with Crippen LogP contribution in [0.1, 0.15) is 15.3 Å². The molecule has 8 heteroatoms. The Morgan fingerprint density at radius 3 is 2.33 bits per heavy atom. The number of nitro benzene ring substituents is 1. The number of rotatable bonds is 8. The Kier molecular flexibility index (Phi) is 6.95. The van der Waals surface area contributed by atoms with Crippen LogP contribution in [0.15, 0.2) is 64.3 Å². The Balaban J connectivity index is 1.59. The Morgan fingerprint density at radius 1 is 1.00 bits per heavy atom. The highest BCUT2D eigenvalue weighted by Crippen LogP contribution is 2.13. The molecule has 0 aliphatic rings. The van der Waals surface area contributed by atoms with Crippen LogP contribution in [0.4, 0.5) is 5.69 Å². The Morgan fingerprint density at radius 2 is 1.70 bits per heavy atom. The van der Waals surface area contributed by atoms with Crippen molar-refractivity contribution < 1.29 is 4.92 Å². The van der Waals surface area contributed by atoms with E-state index in [1.165, 1.54) is 21.9 Å². The molecular weight excluding hydrogens is 380 g/mol. The zero-order valence-electron chi connectivity index (χ0n) is 14.6. The second-order valence-electron chi connectivity index (χ2n) is 5.78. The zero-order valence-corrected chi connectivity index (χ0v) is 16.3. The van der Waals surface area contributed by atoms with Gasteiger partial charge in [0, 0.05) is 28.4 Å². The Labute approximate surface area is 165 Å². The summed E-state index contributed by atoms with van der Waals surface area (Å²) in [7, 11) is 0. The number of nitrogens with zero attached hydrogens (tertiary/aromatic N) is 2. The van der Waals surface area contributed by atoms with Crippen LogP contribution < -0.4 is 10.6 Å². The molecule has 0 saturated heterocycles. The van der Waals surface area contributed by atoms with Gasteiger partial charge in [0.05, 0.1) is 18.0 Å². The molecule has 0 aliphatic carbocycles. The van der Waals surface area contributed by atoms with E-state index in [0.29, 0.717) is 13.1 Å². The highest BCUT2D eigenvalue weighted by atomic mass is 32.1.